The van der Waals surface area contributed by atoms with Gasteiger partial charge >= 0.3 is 0 Å². The lowest BCUT2D eigenvalue weighted by Gasteiger charge is -2.39. The summed E-state index contributed by atoms with van der Waals surface area (Å²) in [6.45, 7) is 8.21. The molecule has 0 aliphatic heterocycles. The molecule has 0 radical (unpaired) electrons. The molecule has 2 nitrogen and oxygen atoms in total. The Bertz CT molecular complexity index is 1020. The number of unbranched alkanes of at least 4 members (excludes halogenated alkanes) is 14. The molecule has 2 heteroatoms. The van der Waals surface area contributed by atoms with Crippen LogP contribution in [0.1, 0.15) is 153 Å². The fraction of sp³-hybridized carbons (Fsp3) is 0.615. The maximum atomic E-state index is 5.10. The van der Waals surface area contributed by atoms with Crippen molar-refractivity contribution in [1.82, 2.24) is 9.55 Å². The second-order valence-corrected chi connectivity index (χ2v) is 12.7. The predicted molar refractivity (Wildman–Crippen MR) is 179 cm³/mol. The largest absolute Gasteiger partial charge is 0.335 e. The first-order chi connectivity index (χ1) is 20.2. The quantitative estimate of drug-likeness (QED) is 0.106. The van der Waals surface area contributed by atoms with Crippen LogP contribution in [0.15, 0.2) is 73.1 Å². The summed E-state index contributed by atoms with van der Waals surface area (Å²) in [5, 5.41) is 0. The molecular weight excluding hydrogens is 496 g/mol. The Balaban J connectivity index is 1.72. The van der Waals surface area contributed by atoms with Crippen molar-refractivity contribution in [3.05, 3.63) is 90.0 Å². The molecule has 3 aromatic rings. The monoisotopic (exact) mass is 556 g/mol. The van der Waals surface area contributed by atoms with E-state index in [1.165, 1.54) is 126 Å². The molecule has 1 aromatic heterocycles. The van der Waals surface area contributed by atoms with Crippen LogP contribution in [0.5, 0.6) is 0 Å². The van der Waals surface area contributed by atoms with Crippen molar-refractivity contribution in [3.63, 3.8) is 0 Å². The van der Waals surface area contributed by atoms with Gasteiger partial charge in [-0.05, 0) is 30.4 Å². The van der Waals surface area contributed by atoms with Crippen molar-refractivity contribution in [2.45, 2.75) is 154 Å². The predicted octanol–water partition coefficient (Wildman–Crippen LogP) is 11.8. The normalized spacial score (nSPS) is 13.7. The van der Waals surface area contributed by atoms with Crippen molar-refractivity contribution >= 4 is 0 Å². The van der Waals surface area contributed by atoms with Gasteiger partial charge in [-0.1, -0.05) is 178 Å². The minimum atomic E-state index is -0.0209. The molecule has 0 aliphatic rings. The highest BCUT2D eigenvalue weighted by Gasteiger charge is 2.39. The van der Waals surface area contributed by atoms with Crippen LogP contribution in [0.4, 0.5) is 0 Å². The van der Waals surface area contributed by atoms with E-state index in [4.69, 9.17) is 4.98 Å². The SMILES string of the molecule is CCCCCCCCCCCCn1ccnc1C(CCCCCCCC)C(C)(Cc1ccccc1)c1ccccc1. The van der Waals surface area contributed by atoms with E-state index in [1.807, 2.05) is 0 Å². The van der Waals surface area contributed by atoms with Gasteiger partial charge in [0.05, 0.1) is 0 Å². The summed E-state index contributed by atoms with van der Waals surface area (Å²) >= 11 is 0. The van der Waals surface area contributed by atoms with Gasteiger partial charge in [-0.25, -0.2) is 4.98 Å². The molecule has 1 heterocycles. The van der Waals surface area contributed by atoms with Crippen molar-refractivity contribution < 1.29 is 0 Å². The number of imidazole rings is 1. The fourth-order valence-corrected chi connectivity index (χ4v) is 6.72. The molecule has 3 rings (SSSR count). The van der Waals surface area contributed by atoms with Crippen LogP contribution in [-0.4, -0.2) is 9.55 Å². The number of benzene rings is 2. The molecule has 0 spiro atoms. The zero-order valence-corrected chi connectivity index (χ0v) is 26.8. The summed E-state index contributed by atoms with van der Waals surface area (Å²) < 4.78 is 2.51. The minimum absolute atomic E-state index is 0.0209. The average molecular weight is 557 g/mol. The summed E-state index contributed by atoms with van der Waals surface area (Å²) in [6, 6.07) is 22.4. The first-order valence-corrected chi connectivity index (χ1v) is 17.3. The van der Waals surface area contributed by atoms with Crippen LogP contribution < -0.4 is 0 Å². The van der Waals surface area contributed by atoms with E-state index in [-0.39, 0.29) is 5.41 Å². The Morgan fingerprint density at radius 2 is 1.15 bits per heavy atom. The van der Waals surface area contributed by atoms with Gasteiger partial charge in [0.2, 0.25) is 0 Å². The number of rotatable bonds is 23. The van der Waals surface area contributed by atoms with Crippen LogP contribution in [0.2, 0.25) is 0 Å². The number of hydrogen-bond acceptors (Lipinski definition) is 1. The van der Waals surface area contributed by atoms with E-state index in [1.54, 1.807) is 0 Å². The summed E-state index contributed by atoms with van der Waals surface area (Å²) in [4.78, 5) is 5.10. The van der Waals surface area contributed by atoms with Gasteiger partial charge in [0, 0.05) is 30.3 Å². The summed E-state index contributed by atoms with van der Waals surface area (Å²) in [5.41, 5.74) is 2.83. The standard InChI is InChI=1S/C39H60N2/c1-4-6-8-10-12-13-14-15-17-25-32-41-33-31-40-38(41)37(30-24-16-11-9-7-5-2)39(3,36-28-22-19-23-29-36)34-35-26-20-18-21-27-35/h18-23,26-29,31,33,37H,4-17,24-25,30,32,34H2,1-3H3. The van der Waals surface area contributed by atoms with Crippen molar-refractivity contribution in [1.29, 1.82) is 0 Å². The van der Waals surface area contributed by atoms with Crippen LogP contribution in [0.3, 0.4) is 0 Å². The van der Waals surface area contributed by atoms with E-state index in [0.717, 1.165) is 13.0 Å². The van der Waals surface area contributed by atoms with Gasteiger partial charge in [0.15, 0.2) is 0 Å². The summed E-state index contributed by atoms with van der Waals surface area (Å²) in [6.07, 6.45) is 28.3. The van der Waals surface area contributed by atoms with Crippen LogP contribution in [-0.2, 0) is 18.4 Å². The second-order valence-electron chi connectivity index (χ2n) is 12.7. The van der Waals surface area contributed by atoms with Gasteiger partial charge in [0.1, 0.15) is 5.82 Å². The maximum Gasteiger partial charge on any atom is 0.112 e. The molecule has 0 aliphatic carbocycles. The molecule has 0 saturated heterocycles. The molecule has 2 unspecified atom stereocenters. The highest BCUT2D eigenvalue weighted by Crippen LogP contribution is 2.44. The molecule has 2 aromatic carbocycles. The molecule has 226 valence electrons. The summed E-state index contributed by atoms with van der Waals surface area (Å²) in [5.74, 6) is 1.69. The zero-order valence-electron chi connectivity index (χ0n) is 26.8. The highest BCUT2D eigenvalue weighted by atomic mass is 15.1. The van der Waals surface area contributed by atoms with Crippen LogP contribution in [0, 0.1) is 0 Å². The van der Waals surface area contributed by atoms with Gasteiger partial charge in [-0.15, -0.1) is 0 Å². The minimum Gasteiger partial charge on any atom is -0.335 e. The lowest BCUT2D eigenvalue weighted by Crippen LogP contribution is -2.35. The lowest BCUT2D eigenvalue weighted by atomic mass is 9.66. The molecule has 0 fully saturated rings. The van der Waals surface area contributed by atoms with Crippen molar-refractivity contribution in [2.75, 3.05) is 0 Å². The topological polar surface area (TPSA) is 17.8 Å². The van der Waals surface area contributed by atoms with Crippen molar-refractivity contribution in [2.24, 2.45) is 0 Å². The van der Waals surface area contributed by atoms with E-state index in [2.05, 4.69) is 98.4 Å². The number of aromatic nitrogens is 2. The van der Waals surface area contributed by atoms with E-state index in [9.17, 15) is 0 Å². The van der Waals surface area contributed by atoms with Crippen LogP contribution in [0.25, 0.3) is 0 Å². The Morgan fingerprint density at radius 1 is 0.634 bits per heavy atom. The fourth-order valence-electron chi connectivity index (χ4n) is 6.72. The molecule has 41 heavy (non-hydrogen) atoms. The molecule has 0 bridgehead atoms. The molecular formula is C39H60N2. The third kappa shape index (κ3) is 11.4. The number of nitrogens with zero attached hydrogens (tertiary/aromatic N) is 2. The third-order valence-electron chi connectivity index (χ3n) is 9.27. The van der Waals surface area contributed by atoms with Crippen LogP contribution >= 0.6 is 0 Å². The Kier molecular flexibility index (Phi) is 15.9. The Hall–Kier alpha value is -2.35. The highest BCUT2D eigenvalue weighted by molar-refractivity contribution is 5.33. The lowest BCUT2D eigenvalue weighted by molar-refractivity contribution is 0.321. The Labute approximate surface area is 253 Å². The van der Waals surface area contributed by atoms with E-state index >= 15 is 0 Å². The van der Waals surface area contributed by atoms with Gasteiger partial charge in [-0.3, -0.25) is 0 Å². The number of aryl methyl sites for hydroxylation is 1. The molecule has 0 N–H and O–H groups in total. The van der Waals surface area contributed by atoms with Gasteiger partial charge in [-0.2, -0.15) is 0 Å². The van der Waals surface area contributed by atoms with Gasteiger partial charge < -0.3 is 4.57 Å². The summed E-state index contributed by atoms with van der Waals surface area (Å²) in [7, 11) is 0. The molecule has 0 amide bonds. The maximum absolute atomic E-state index is 5.10. The van der Waals surface area contributed by atoms with E-state index < -0.39 is 0 Å². The average Bonchev–Trinajstić information content (AvgIpc) is 3.46. The third-order valence-corrected chi connectivity index (χ3v) is 9.27. The smallest absolute Gasteiger partial charge is 0.112 e. The number of hydrogen-bond donors (Lipinski definition) is 0. The van der Waals surface area contributed by atoms with E-state index in [0.29, 0.717) is 5.92 Å². The molecule has 0 saturated carbocycles. The first kappa shape index (κ1) is 33.2. The second kappa shape index (κ2) is 19.7. The van der Waals surface area contributed by atoms with Gasteiger partial charge in [0.25, 0.3) is 0 Å². The van der Waals surface area contributed by atoms with Crippen molar-refractivity contribution in [3.8, 4) is 0 Å². The Morgan fingerprint density at radius 3 is 1.73 bits per heavy atom. The first-order valence-electron chi connectivity index (χ1n) is 17.3. The molecule has 2 atom stereocenters. The zero-order chi connectivity index (χ0) is 29.0.